The molecular formula is C16H18F3N3S. The molecule has 2 aromatic heterocycles. The van der Waals surface area contributed by atoms with Crippen molar-refractivity contribution in [1.29, 1.82) is 0 Å². The largest absolute Gasteiger partial charge is 0.393 e. The van der Waals surface area contributed by atoms with E-state index in [1.165, 1.54) is 19.2 Å². The molecule has 1 spiro atoms. The molecule has 0 atom stereocenters. The normalized spacial score (nSPS) is 27.8. The molecule has 1 aliphatic carbocycles. The summed E-state index contributed by atoms with van der Waals surface area (Å²) >= 11 is 1.12. The number of hydrogen-bond acceptors (Lipinski definition) is 4. The molecule has 0 N–H and O–H groups in total. The lowest BCUT2D eigenvalue weighted by Gasteiger charge is -2.43. The van der Waals surface area contributed by atoms with E-state index in [2.05, 4.69) is 21.8 Å². The summed E-state index contributed by atoms with van der Waals surface area (Å²) in [6.07, 6.45) is 0.0485. The van der Waals surface area contributed by atoms with Crippen LogP contribution in [0.1, 0.15) is 31.1 Å². The van der Waals surface area contributed by atoms with Crippen LogP contribution >= 0.6 is 11.3 Å². The first-order valence-electron chi connectivity index (χ1n) is 7.89. The molecule has 4 rings (SSSR count). The number of thiophene rings is 1. The molecule has 2 aromatic rings. The second kappa shape index (κ2) is 5.06. The fraction of sp³-hybridized carbons (Fsp3) is 0.625. The molecule has 3 nitrogen and oxygen atoms in total. The van der Waals surface area contributed by atoms with E-state index in [1.807, 2.05) is 0 Å². The maximum Gasteiger partial charge on any atom is 0.393 e. The summed E-state index contributed by atoms with van der Waals surface area (Å²) < 4.78 is 37.9. The molecule has 3 heterocycles. The van der Waals surface area contributed by atoms with E-state index in [1.54, 1.807) is 6.07 Å². The Morgan fingerprint density at radius 2 is 2.13 bits per heavy atom. The highest BCUT2D eigenvalue weighted by molar-refractivity contribution is 7.18. The average molecular weight is 341 g/mol. The van der Waals surface area contributed by atoms with E-state index in [0.29, 0.717) is 15.1 Å². The molecule has 124 valence electrons. The predicted octanol–water partition coefficient (Wildman–Crippen LogP) is 4.42. The van der Waals surface area contributed by atoms with Gasteiger partial charge in [0.1, 0.15) is 17.0 Å². The van der Waals surface area contributed by atoms with Crippen molar-refractivity contribution < 1.29 is 13.2 Å². The van der Waals surface area contributed by atoms with Crippen molar-refractivity contribution in [3.05, 3.63) is 17.3 Å². The van der Waals surface area contributed by atoms with Gasteiger partial charge in [0.25, 0.3) is 0 Å². The number of halogens is 3. The van der Waals surface area contributed by atoms with Gasteiger partial charge in [0.2, 0.25) is 0 Å². The molecule has 0 bridgehead atoms. The van der Waals surface area contributed by atoms with E-state index in [4.69, 9.17) is 0 Å². The van der Waals surface area contributed by atoms with Gasteiger partial charge >= 0.3 is 6.18 Å². The lowest BCUT2D eigenvalue weighted by Crippen LogP contribution is -2.38. The van der Waals surface area contributed by atoms with Gasteiger partial charge in [0.05, 0.1) is 11.8 Å². The van der Waals surface area contributed by atoms with E-state index in [-0.39, 0.29) is 0 Å². The Labute approximate surface area is 136 Å². The Morgan fingerprint density at radius 3 is 2.83 bits per heavy atom. The minimum absolute atomic E-state index is 0.306. The quantitative estimate of drug-likeness (QED) is 0.809. The van der Waals surface area contributed by atoms with E-state index in [9.17, 15) is 13.2 Å². The maximum atomic E-state index is 12.6. The fourth-order valence-electron chi connectivity index (χ4n) is 4.30. The van der Waals surface area contributed by atoms with Crippen LogP contribution in [0.3, 0.4) is 0 Å². The molecule has 0 aromatic carbocycles. The molecule has 1 aliphatic heterocycles. The molecule has 0 amide bonds. The molecule has 7 heteroatoms. The highest BCUT2D eigenvalue weighted by atomic mass is 32.1. The summed E-state index contributed by atoms with van der Waals surface area (Å²) in [6, 6.07) is 1.62. The monoisotopic (exact) mass is 341 g/mol. The number of nitrogens with zero attached hydrogens (tertiary/aromatic N) is 3. The van der Waals surface area contributed by atoms with Crippen LogP contribution in [0.4, 0.5) is 19.0 Å². The van der Waals surface area contributed by atoms with Gasteiger partial charge in [0, 0.05) is 18.0 Å². The molecule has 0 radical (unpaired) electrons. The zero-order chi connectivity index (χ0) is 16.2. The van der Waals surface area contributed by atoms with Crippen molar-refractivity contribution in [1.82, 2.24) is 9.97 Å². The Balaban J connectivity index is 1.63. The van der Waals surface area contributed by atoms with Crippen LogP contribution in [0.25, 0.3) is 10.2 Å². The first kappa shape index (κ1) is 15.2. The number of anilines is 1. The number of hydrogen-bond donors (Lipinski definition) is 0. The Bertz CT molecular complexity index is 734. The van der Waals surface area contributed by atoms with Gasteiger partial charge in [-0.1, -0.05) is 6.92 Å². The van der Waals surface area contributed by atoms with E-state index >= 15 is 0 Å². The van der Waals surface area contributed by atoms with Gasteiger partial charge in [-0.3, -0.25) is 0 Å². The van der Waals surface area contributed by atoms with Gasteiger partial charge in [-0.15, -0.1) is 11.3 Å². The molecule has 0 unspecified atom stereocenters. The zero-order valence-corrected chi connectivity index (χ0v) is 13.7. The highest BCUT2D eigenvalue weighted by Crippen LogP contribution is 2.52. The second-order valence-corrected chi connectivity index (χ2v) is 8.22. The summed E-state index contributed by atoms with van der Waals surface area (Å²) in [6.45, 7) is 4.18. The van der Waals surface area contributed by atoms with Gasteiger partial charge in [-0.25, -0.2) is 9.97 Å². The van der Waals surface area contributed by atoms with Gasteiger partial charge in [0.15, 0.2) is 0 Å². The van der Waals surface area contributed by atoms with Crippen molar-refractivity contribution in [3.63, 3.8) is 0 Å². The summed E-state index contributed by atoms with van der Waals surface area (Å²) in [5.41, 5.74) is 0.404. The van der Waals surface area contributed by atoms with Crippen LogP contribution in [0, 0.1) is 11.3 Å². The molecule has 2 aliphatic rings. The summed E-state index contributed by atoms with van der Waals surface area (Å²) in [7, 11) is 0. The highest BCUT2D eigenvalue weighted by Gasteiger charge is 2.47. The Hall–Kier alpha value is -1.37. The van der Waals surface area contributed by atoms with Crippen LogP contribution in [-0.2, 0) is 6.42 Å². The third-order valence-electron chi connectivity index (χ3n) is 5.03. The summed E-state index contributed by atoms with van der Waals surface area (Å²) in [4.78, 5) is 11.7. The van der Waals surface area contributed by atoms with Crippen LogP contribution < -0.4 is 4.90 Å². The van der Waals surface area contributed by atoms with Gasteiger partial charge in [-0.05, 0) is 36.7 Å². The van der Waals surface area contributed by atoms with E-state index in [0.717, 1.165) is 48.0 Å². The summed E-state index contributed by atoms with van der Waals surface area (Å²) in [5, 5.41) is 0.765. The minimum atomic E-state index is -4.19. The van der Waals surface area contributed by atoms with Crippen LogP contribution in [0.15, 0.2) is 12.4 Å². The van der Waals surface area contributed by atoms with Crippen molar-refractivity contribution >= 4 is 27.4 Å². The van der Waals surface area contributed by atoms with Crippen molar-refractivity contribution in [2.45, 2.75) is 38.8 Å². The molecule has 1 saturated carbocycles. The zero-order valence-electron chi connectivity index (χ0n) is 12.9. The predicted molar refractivity (Wildman–Crippen MR) is 84.8 cm³/mol. The Morgan fingerprint density at radius 1 is 1.35 bits per heavy atom. The molecular weight excluding hydrogens is 323 g/mol. The van der Waals surface area contributed by atoms with Gasteiger partial charge in [-0.2, -0.15) is 13.2 Å². The summed E-state index contributed by atoms with van der Waals surface area (Å²) in [5.74, 6) is 1.59. The van der Waals surface area contributed by atoms with Crippen molar-refractivity contribution in [2.24, 2.45) is 11.3 Å². The smallest absolute Gasteiger partial charge is 0.355 e. The molecule has 23 heavy (non-hydrogen) atoms. The topological polar surface area (TPSA) is 29.0 Å². The lowest BCUT2D eigenvalue weighted by molar-refractivity contribution is -0.126. The fourth-order valence-corrected chi connectivity index (χ4v) is 5.32. The first-order valence-corrected chi connectivity index (χ1v) is 8.70. The van der Waals surface area contributed by atoms with Crippen molar-refractivity contribution in [3.8, 4) is 0 Å². The van der Waals surface area contributed by atoms with Crippen LogP contribution in [0.2, 0.25) is 0 Å². The third-order valence-corrected chi connectivity index (χ3v) is 6.08. The van der Waals surface area contributed by atoms with Crippen molar-refractivity contribution in [2.75, 3.05) is 18.0 Å². The lowest BCUT2D eigenvalue weighted by atomic mass is 9.62. The first-order chi connectivity index (χ1) is 10.8. The van der Waals surface area contributed by atoms with Crippen LogP contribution in [0.5, 0.6) is 0 Å². The SMILES string of the molecule is CC1CC2(CCN(c3ncnc4sc(CC(F)(F)F)cc34)C2)C1. The average Bonchev–Trinajstić information content (AvgIpc) is 2.99. The van der Waals surface area contributed by atoms with E-state index < -0.39 is 12.6 Å². The third kappa shape index (κ3) is 2.79. The van der Waals surface area contributed by atoms with Gasteiger partial charge < -0.3 is 4.90 Å². The molecule has 1 saturated heterocycles. The number of rotatable bonds is 2. The number of aromatic nitrogens is 2. The second-order valence-electron chi connectivity index (χ2n) is 7.11. The number of alkyl halides is 3. The molecule has 2 fully saturated rings. The van der Waals surface area contributed by atoms with Crippen LogP contribution in [-0.4, -0.2) is 29.2 Å². The maximum absolute atomic E-state index is 12.6. The Kier molecular flexibility index (Phi) is 3.34. The minimum Gasteiger partial charge on any atom is -0.355 e. The standard InChI is InChI=1S/C16H18F3N3S/c1-10-5-15(6-10)2-3-22(8-15)13-12-4-11(7-16(17,18)19)23-14(12)21-9-20-13/h4,9-10H,2-3,5-8H2,1H3. The number of fused-ring (bicyclic) bond motifs is 1.